The molecule has 2 N–H and O–H groups in total. The van der Waals surface area contributed by atoms with Crippen molar-refractivity contribution >= 4 is 22.6 Å². The normalized spacial score (nSPS) is 15.5. The Morgan fingerprint density at radius 2 is 1.58 bits per heavy atom. The molecule has 1 aliphatic rings. The number of carbonyl (C=O) groups is 1. The third kappa shape index (κ3) is 3.94. The van der Waals surface area contributed by atoms with Crippen LogP contribution in [0, 0.1) is 0 Å². The van der Waals surface area contributed by atoms with E-state index >= 15 is 0 Å². The predicted octanol–water partition coefficient (Wildman–Crippen LogP) is 4.79. The van der Waals surface area contributed by atoms with Crippen molar-refractivity contribution in [2.75, 3.05) is 38.2 Å². The fourth-order valence-corrected chi connectivity index (χ4v) is 4.85. The van der Waals surface area contributed by atoms with E-state index in [0.29, 0.717) is 13.1 Å². The van der Waals surface area contributed by atoms with Crippen LogP contribution in [-0.4, -0.2) is 54.2 Å². The van der Waals surface area contributed by atoms with Gasteiger partial charge in [-0.1, -0.05) is 60.7 Å². The predicted molar refractivity (Wildman–Crippen MR) is 131 cm³/mol. The Bertz CT molecular complexity index is 1260. The molecule has 0 bridgehead atoms. The molecule has 1 atom stereocenters. The Kier molecular flexibility index (Phi) is 5.75. The van der Waals surface area contributed by atoms with Crippen LogP contribution in [0.4, 0.5) is 5.69 Å². The van der Waals surface area contributed by atoms with Gasteiger partial charge in [-0.25, -0.2) is 0 Å². The van der Waals surface area contributed by atoms with Crippen molar-refractivity contribution in [3.05, 3.63) is 84.4 Å². The van der Waals surface area contributed by atoms with Crippen LogP contribution in [0.15, 0.2) is 78.9 Å². The third-order valence-electron chi connectivity index (χ3n) is 6.42. The average molecular weight is 442 g/mol. The van der Waals surface area contributed by atoms with Crippen molar-refractivity contribution in [2.45, 2.75) is 6.04 Å². The molecule has 1 unspecified atom stereocenters. The van der Waals surface area contributed by atoms with Crippen molar-refractivity contribution in [3.8, 4) is 17.0 Å². The standard InChI is InChI=1S/C27H27N3O3/c1-33-23-14-8-7-13-22(23)29-15-17-30(18-16-29)26(27(31)32)24-20-11-5-6-12-21(20)28-25(24)19-9-3-2-4-10-19/h2-14,26,28H,15-18H2,1H3,(H,31,32). The summed E-state index contributed by atoms with van der Waals surface area (Å²) in [5, 5.41) is 11.4. The van der Waals surface area contributed by atoms with Crippen molar-refractivity contribution in [2.24, 2.45) is 0 Å². The highest BCUT2D eigenvalue weighted by Crippen LogP contribution is 2.38. The van der Waals surface area contributed by atoms with Gasteiger partial charge in [0.05, 0.1) is 18.5 Å². The van der Waals surface area contributed by atoms with E-state index in [9.17, 15) is 9.90 Å². The molecule has 0 amide bonds. The lowest BCUT2D eigenvalue weighted by atomic mass is 9.97. The van der Waals surface area contributed by atoms with E-state index < -0.39 is 12.0 Å². The summed E-state index contributed by atoms with van der Waals surface area (Å²) < 4.78 is 5.53. The number of fused-ring (bicyclic) bond motifs is 1. The second-order valence-electron chi connectivity index (χ2n) is 8.26. The summed E-state index contributed by atoms with van der Waals surface area (Å²) >= 11 is 0. The number of methoxy groups -OCH3 is 1. The second kappa shape index (κ2) is 9.00. The topological polar surface area (TPSA) is 68.8 Å². The fourth-order valence-electron chi connectivity index (χ4n) is 4.85. The summed E-state index contributed by atoms with van der Waals surface area (Å²) in [5.41, 5.74) is 4.68. The summed E-state index contributed by atoms with van der Waals surface area (Å²) in [5.74, 6) is 0.00593. The molecule has 168 valence electrons. The molecule has 0 spiro atoms. The zero-order valence-electron chi connectivity index (χ0n) is 18.6. The number of aromatic nitrogens is 1. The fraction of sp³-hybridized carbons (Fsp3) is 0.222. The van der Waals surface area contributed by atoms with E-state index in [1.54, 1.807) is 7.11 Å². The number of aromatic amines is 1. The maximum absolute atomic E-state index is 12.7. The maximum atomic E-state index is 12.7. The number of carboxylic acids is 1. The smallest absolute Gasteiger partial charge is 0.325 e. The number of H-pyrrole nitrogens is 1. The molecular weight excluding hydrogens is 414 g/mol. The molecular formula is C27H27N3O3. The van der Waals surface area contributed by atoms with Crippen LogP contribution in [0.25, 0.3) is 22.2 Å². The van der Waals surface area contributed by atoms with Crippen LogP contribution >= 0.6 is 0 Å². The number of carboxylic acid groups (broad SMARTS) is 1. The number of ether oxygens (including phenoxy) is 1. The molecule has 1 saturated heterocycles. The third-order valence-corrected chi connectivity index (χ3v) is 6.42. The molecule has 1 aromatic heterocycles. The number of nitrogens with one attached hydrogen (secondary N) is 1. The Balaban J connectivity index is 1.50. The van der Waals surface area contributed by atoms with E-state index in [2.05, 4.69) is 20.9 Å². The molecule has 0 radical (unpaired) electrons. The van der Waals surface area contributed by atoms with Crippen LogP contribution in [0.3, 0.4) is 0 Å². The first-order valence-electron chi connectivity index (χ1n) is 11.2. The zero-order valence-corrected chi connectivity index (χ0v) is 18.6. The highest BCUT2D eigenvalue weighted by atomic mass is 16.5. The SMILES string of the molecule is COc1ccccc1N1CCN(C(C(=O)O)c2c(-c3ccccc3)[nH]c3ccccc23)CC1. The van der Waals surface area contributed by atoms with E-state index in [-0.39, 0.29) is 0 Å². The molecule has 3 aromatic carbocycles. The van der Waals surface area contributed by atoms with Gasteiger partial charge < -0.3 is 19.7 Å². The van der Waals surface area contributed by atoms with E-state index in [1.807, 2.05) is 72.8 Å². The van der Waals surface area contributed by atoms with Crippen molar-refractivity contribution in [1.82, 2.24) is 9.88 Å². The van der Waals surface area contributed by atoms with E-state index in [1.165, 1.54) is 0 Å². The number of anilines is 1. The van der Waals surface area contributed by atoms with Gasteiger partial charge in [-0.2, -0.15) is 0 Å². The number of benzene rings is 3. The number of nitrogens with zero attached hydrogens (tertiary/aromatic N) is 2. The lowest BCUT2D eigenvalue weighted by Gasteiger charge is -2.39. The number of para-hydroxylation sites is 3. The van der Waals surface area contributed by atoms with Crippen LogP contribution in [0.2, 0.25) is 0 Å². The van der Waals surface area contributed by atoms with Crippen molar-refractivity contribution < 1.29 is 14.6 Å². The van der Waals surface area contributed by atoms with Gasteiger partial charge >= 0.3 is 5.97 Å². The highest BCUT2D eigenvalue weighted by molar-refractivity contribution is 5.95. The number of rotatable bonds is 6. The minimum Gasteiger partial charge on any atom is -0.495 e. The van der Waals surface area contributed by atoms with Crippen molar-refractivity contribution in [3.63, 3.8) is 0 Å². The molecule has 33 heavy (non-hydrogen) atoms. The number of aliphatic carboxylic acids is 1. The molecule has 0 aliphatic carbocycles. The lowest BCUT2D eigenvalue weighted by molar-refractivity contribution is -0.143. The Morgan fingerprint density at radius 3 is 2.30 bits per heavy atom. The minimum atomic E-state index is -0.831. The molecule has 2 heterocycles. The number of hydrogen-bond acceptors (Lipinski definition) is 4. The lowest BCUT2D eigenvalue weighted by Crippen LogP contribution is -2.49. The summed E-state index contributed by atoms with van der Waals surface area (Å²) in [4.78, 5) is 20.5. The van der Waals surface area contributed by atoms with Crippen LogP contribution in [0.1, 0.15) is 11.6 Å². The number of piperazine rings is 1. The molecule has 5 rings (SSSR count). The molecule has 6 heteroatoms. The van der Waals surface area contributed by atoms with Gasteiger partial charge in [0.1, 0.15) is 11.8 Å². The monoisotopic (exact) mass is 441 g/mol. The van der Waals surface area contributed by atoms with Crippen molar-refractivity contribution in [1.29, 1.82) is 0 Å². The summed E-state index contributed by atoms with van der Waals surface area (Å²) in [7, 11) is 1.68. The van der Waals surface area contributed by atoms with Gasteiger partial charge in [-0.15, -0.1) is 0 Å². The molecule has 6 nitrogen and oxygen atoms in total. The Morgan fingerprint density at radius 1 is 0.909 bits per heavy atom. The first kappa shape index (κ1) is 21.1. The number of hydrogen-bond donors (Lipinski definition) is 2. The van der Waals surface area contributed by atoms with E-state index in [0.717, 1.165) is 52.3 Å². The average Bonchev–Trinajstić information content (AvgIpc) is 3.24. The quantitative estimate of drug-likeness (QED) is 0.450. The molecule has 4 aromatic rings. The molecule has 1 fully saturated rings. The van der Waals surface area contributed by atoms with Crippen LogP contribution in [0.5, 0.6) is 5.75 Å². The largest absolute Gasteiger partial charge is 0.495 e. The zero-order chi connectivity index (χ0) is 22.8. The Labute approximate surface area is 193 Å². The van der Waals surface area contributed by atoms with Gasteiger partial charge in [0.2, 0.25) is 0 Å². The summed E-state index contributed by atoms with van der Waals surface area (Å²) in [6.45, 7) is 2.74. The van der Waals surface area contributed by atoms with Gasteiger partial charge in [0.15, 0.2) is 0 Å². The van der Waals surface area contributed by atoms with Gasteiger partial charge in [-0.3, -0.25) is 9.69 Å². The first-order chi connectivity index (χ1) is 16.2. The van der Waals surface area contributed by atoms with Crippen LogP contribution < -0.4 is 9.64 Å². The summed E-state index contributed by atoms with van der Waals surface area (Å²) in [6.07, 6.45) is 0. The maximum Gasteiger partial charge on any atom is 0.325 e. The Hall–Kier alpha value is -3.77. The molecule has 1 aliphatic heterocycles. The van der Waals surface area contributed by atoms with E-state index in [4.69, 9.17) is 4.74 Å². The van der Waals surface area contributed by atoms with Gasteiger partial charge in [0, 0.05) is 42.6 Å². The first-order valence-corrected chi connectivity index (χ1v) is 11.2. The second-order valence-corrected chi connectivity index (χ2v) is 8.26. The molecule has 0 saturated carbocycles. The van der Waals surface area contributed by atoms with Gasteiger partial charge in [-0.05, 0) is 23.8 Å². The van der Waals surface area contributed by atoms with Gasteiger partial charge in [0.25, 0.3) is 0 Å². The van der Waals surface area contributed by atoms with Crippen LogP contribution in [-0.2, 0) is 4.79 Å². The minimum absolute atomic E-state index is 0.642. The highest BCUT2D eigenvalue weighted by Gasteiger charge is 2.34. The summed E-state index contributed by atoms with van der Waals surface area (Å²) in [6, 6.07) is 25.1.